The first-order chi connectivity index (χ1) is 8.52. The van der Waals surface area contributed by atoms with Crippen molar-refractivity contribution >= 4 is 11.9 Å². The van der Waals surface area contributed by atoms with Crippen molar-refractivity contribution in [2.45, 2.75) is 37.8 Å². The van der Waals surface area contributed by atoms with Gasteiger partial charge in [0.05, 0.1) is 5.60 Å². The summed E-state index contributed by atoms with van der Waals surface area (Å²) in [6.45, 7) is 3.92. The monoisotopic (exact) mass is 256 g/mol. The average Bonchev–Trinajstić information content (AvgIpc) is 2.33. The normalized spacial score (nSPS) is 26.5. The maximum absolute atomic E-state index is 12.0. The van der Waals surface area contributed by atoms with Gasteiger partial charge in [0.2, 0.25) is 5.91 Å². The number of carbonyl (C=O) groups is 2. The highest BCUT2D eigenvalue weighted by Gasteiger charge is 2.36. The summed E-state index contributed by atoms with van der Waals surface area (Å²) in [5.74, 6) is -1.13. The van der Waals surface area contributed by atoms with Crippen LogP contribution in [0.25, 0.3) is 0 Å². The molecule has 2 fully saturated rings. The van der Waals surface area contributed by atoms with Gasteiger partial charge in [0.15, 0.2) is 0 Å². The Morgan fingerprint density at radius 3 is 2.72 bits per heavy atom. The fourth-order valence-corrected chi connectivity index (χ4v) is 2.38. The van der Waals surface area contributed by atoms with Crippen LogP contribution in [-0.2, 0) is 14.3 Å². The minimum Gasteiger partial charge on any atom is -0.480 e. The molecule has 2 heterocycles. The zero-order valence-corrected chi connectivity index (χ0v) is 10.6. The molecule has 0 spiro atoms. The molecule has 1 atom stereocenters. The zero-order chi connectivity index (χ0) is 13.2. The van der Waals surface area contributed by atoms with Crippen molar-refractivity contribution in [1.29, 1.82) is 0 Å². The lowest BCUT2D eigenvalue weighted by atomic mass is 10.00. The third kappa shape index (κ3) is 2.81. The van der Waals surface area contributed by atoms with Gasteiger partial charge in [0.1, 0.15) is 12.6 Å². The molecule has 2 aliphatic heterocycles. The van der Waals surface area contributed by atoms with Crippen LogP contribution in [0.5, 0.6) is 0 Å². The molecule has 2 N–H and O–H groups in total. The molecule has 0 unspecified atom stereocenters. The highest BCUT2D eigenvalue weighted by molar-refractivity contribution is 5.84. The summed E-state index contributed by atoms with van der Waals surface area (Å²) in [5, 5.41) is 12.2. The van der Waals surface area contributed by atoms with Gasteiger partial charge >= 0.3 is 5.97 Å². The number of carboxylic acids is 1. The Bertz CT molecular complexity index is 341. The Hall–Kier alpha value is -1.14. The summed E-state index contributed by atoms with van der Waals surface area (Å²) < 4.78 is 5.56. The number of hydrogen-bond acceptors (Lipinski definition) is 4. The van der Waals surface area contributed by atoms with E-state index in [1.54, 1.807) is 0 Å². The molecule has 2 aliphatic rings. The first-order valence-electron chi connectivity index (χ1n) is 6.39. The van der Waals surface area contributed by atoms with Gasteiger partial charge in [-0.25, -0.2) is 4.79 Å². The van der Waals surface area contributed by atoms with E-state index in [0.29, 0.717) is 13.0 Å². The number of carboxylic acid groups (broad SMARTS) is 1. The second-order valence-corrected chi connectivity index (χ2v) is 5.28. The zero-order valence-electron chi connectivity index (χ0n) is 10.6. The van der Waals surface area contributed by atoms with E-state index < -0.39 is 12.0 Å². The molecule has 0 saturated carbocycles. The van der Waals surface area contributed by atoms with E-state index >= 15 is 0 Å². The number of nitrogens with one attached hydrogen (secondary N) is 1. The van der Waals surface area contributed by atoms with E-state index in [1.807, 2.05) is 6.92 Å². The van der Waals surface area contributed by atoms with Gasteiger partial charge in [-0.1, -0.05) is 0 Å². The van der Waals surface area contributed by atoms with Crippen LogP contribution in [0.4, 0.5) is 0 Å². The van der Waals surface area contributed by atoms with Crippen LogP contribution in [0.3, 0.4) is 0 Å². The molecule has 0 aromatic heterocycles. The number of rotatable bonds is 4. The molecule has 18 heavy (non-hydrogen) atoms. The van der Waals surface area contributed by atoms with Gasteiger partial charge in [0, 0.05) is 19.6 Å². The van der Waals surface area contributed by atoms with Gasteiger partial charge in [-0.15, -0.1) is 0 Å². The largest absolute Gasteiger partial charge is 0.480 e. The molecule has 6 heteroatoms. The molecule has 0 aromatic rings. The number of likely N-dealkylation sites (tertiary alicyclic amines) is 1. The second kappa shape index (κ2) is 5.24. The fraction of sp³-hybridized carbons (Fsp3) is 0.833. The van der Waals surface area contributed by atoms with Crippen molar-refractivity contribution in [1.82, 2.24) is 10.2 Å². The summed E-state index contributed by atoms with van der Waals surface area (Å²) in [7, 11) is 0. The minimum absolute atomic E-state index is 0.0258. The molecule has 102 valence electrons. The highest BCUT2D eigenvalue weighted by atomic mass is 16.5. The lowest BCUT2D eigenvalue weighted by molar-refractivity contribution is -0.158. The molecule has 2 rings (SSSR count). The fourth-order valence-electron chi connectivity index (χ4n) is 2.38. The molecule has 1 amide bonds. The Balaban J connectivity index is 1.87. The Labute approximate surface area is 106 Å². The Morgan fingerprint density at radius 1 is 1.44 bits per heavy atom. The van der Waals surface area contributed by atoms with Gasteiger partial charge in [-0.2, -0.15) is 0 Å². The van der Waals surface area contributed by atoms with Crippen LogP contribution in [0.1, 0.15) is 26.2 Å². The minimum atomic E-state index is -0.917. The van der Waals surface area contributed by atoms with Crippen molar-refractivity contribution in [3.05, 3.63) is 0 Å². The van der Waals surface area contributed by atoms with Crippen LogP contribution in [0.2, 0.25) is 0 Å². The molecular formula is C12H20N2O4. The van der Waals surface area contributed by atoms with Gasteiger partial charge < -0.3 is 20.1 Å². The quantitative estimate of drug-likeness (QED) is 0.730. The maximum Gasteiger partial charge on any atom is 0.326 e. The topological polar surface area (TPSA) is 78.9 Å². The average molecular weight is 256 g/mol. The van der Waals surface area contributed by atoms with E-state index in [0.717, 1.165) is 25.9 Å². The summed E-state index contributed by atoms with van der Waals surface area (Å²) >= 11 is 0. The third-order valence-corrected chi connectivity index (χ3v) is 3.65. The van der Waals surface area contributed by atoms with Crippen molar-refractivity contribution in [2.24, 2.45) is 0 Å². The van der Waals surface area contributed by atoms with Crippen LogP contribution in [0, 0.1) is 0 Å². The SMILES string of the molecule is CC1(OCC(=O)N2CCCC[C@@H]2C(=O)O)CNC1. The molecule has 0 radical (unpaired) electrons. The number of hydrogen-bond donors (Lipinski definition) is 2. The molecule has 0 bridgehead atoms. The van der Waals surface area contributed by atoms with Crippen molar-refractivity contribution in [3.63, 3.8) is 0 Å². The number of amides is 1. The maximum atomic E-state index is 12.0. The Kier molecular flexibility index (Phi) is 3.87. The number of carbonyl (C=O) groups excluding carboxylic acids is 1. The van der Waals surface area contributed by atoms with Crippen molar-refractivity contribution in [3.8, 4) is 0 Å². The van der Waals surface area contributed by atoms with E-state index in [2.05, 4.69) is 5.32 Å². The number of piperidine rings is 1. The first kappa shape index (κ1) is 13.3. The highest BCUT2D eigenvalue weighted by Crippen LogP contribution is 2.19. The molecular weight excluding hydrogens is 236 g/mol. The van der Waals surface area contributed by atoms with Crippen molar-refractivity contribution in [2.75, 3.05) is 26.2 Å². The van der Waals surface area contributed by atoms with E-state index in [9.17, 15) is 9.59 Å². The molecule has 2 saturated heterocycles. The van der Waals surface area contributed by atoms with E-state index in [4.69, 9.17) is 9.84 Å². The predicted molar refractivity (Wildman–Crippen MR) is 64.2 cm³/mol. The smallest absolute Gasteiger partial charge is 0.326 e. The summed E-state index contributed by atoms with van der Waals surface area (Å²) in [6, 6.07) is -0.679. The van der Waals surface area contributed by atoms with E-state index in [1.165, 1.54) is 4.90 Å². The molecule has 0 aliphatic carbocycles. The third-order valence-electron chi connectivity index (χ3n) is 3.65. The predicted octanol–water partition coefficient (Wildman–Crippen LogP) is -0.169. The standard InChI is InChI=1S/C12H20N2O4/c1-12(7-13-8-12)18-6-10(15)14-5-3-2-4-9(14)11(16)17/h9,13H,2-8H2,1H3,(H,16,17)/t9-/m1/s1. The van der Waals surface area contributed by atoms with E-state index in [-0.39, 0.29) is 18.1 Å². The summed E-state index contributed by atoms with van der Waals surface area (Å²) in [5.41, 5.74) is -0.274. The Morgan fingerprint density at radius 2 is 2.17 bits per heavy atom. The summed E-state index contributed by atoms with van der Waals surface area (Å²) in [4.78, 5) is 24.6. The second-order valence-electron chi connectivity index (χ2n) is 5.28. The number of ether oxygens (including phenoxy) is 1. The van der Waals surface area contributed by atoms with Crippen LogP contribution >= 0.6 is 0 Å². The lowest BCUT2D eigenvalue weighted by Crippen LogP contribution is -2.60. The molecule has 0 aromatic carbocycles. The summed E-state index contributed by atoms with van der Waals surface area (Å²) in [6.07, 6.45) is 2.28. The first-order valence-corrected chi connectivity index (χ1v) is 6.39. The van der Waals surface area contributed by atoms with Gasteiger partial charge in [-0.05, 0) is 26.2 Å². The lowest BCUT2D eigenvalue weighted by Gasteiger charge is -2.40. The van der Waals surface area contributed by atoms with Crippen LogP contribution in [-0.4, -0.2) is 59.8 Å². The molecule has 6 nitrogen and oxygen atoms in total. The number of nitrogens with zero attached hydrogens (tertiary/aromatic N) is 1. The van der Waals surface area contributed by atoms with Crippen LogP contribution < -0.4 is 5.32 Å². The van der Waals surface area contributed by atoms with Crippen molar-refractivity contribution < 1.29 is 19.4 Å². The van der Waals surface area contributed by atoms with Crippen LogP contribution in [0.15, 0.2) is 0 Å². The van der Waals surface area contributed by atoms with Gasteiger partial charge in [0.25, 0.3) is 0 Å². The van der Waals surface area contributed by atoms with Gasteiger partial charge in [-0.3, -0.25) is 4.79 Å². The number of aliphatic carboxylic acids is 1.